The lowest BCUT2D eigenvalue weighted by molar-refractivity contribution is -0.364. The van der Waals surface area contributed by atoms with Crippen molar-refractivity contribution >= 4 is 40.4 Å². The molecule has 2 fully saturated rings. The summed E-state index contributed by atoms with van der Waals surface area (Å²) in [5.74, 6) is 1.93. The van der Waals surface area contributed by atoms with Gasteiger partial charge in [-0.2, -0.15) is 9.98 Å². The molecule has 2 aromatic carbocycles. The van der Waals surface area contributed by atoms with Crippen molar-refractivity contribution in [3.8, 4) is 5.75 Å². The van der Waals surface area contributed by atoms with Gasteiger partial charge in [0.1, 0.15) is 5.75 Å². The van der Waals surface area contributed by atoms with Gasteiger partial charge in [-0.15, -0.1) is 0 Å². The summed E-state index contributed by atoms with van der Waals surface area (Å²) in [5.41, 5.74) is 4.65. The number of morpholine rings is 1. The van der Waals surface area contributed by atoms with E-state index in [0.717, 1.165) is 79.1 Å². The highest BCUT2D eigenvalue weighted by Crippen LogP contribution is 2.33. The fourth-order valence-electron chi connectivity index (χ4n) is 4.91. The van der Waals surface area contributed by atoms with E-state index < -0.39 is 0 Å². The van der Waals surface area contributed by atoms with Crippen molar-refractivity contribution in [1.29, 1.82) is 0 Å². The number of aromatic nitrogens is 2. The Morgan fingerprint density at radius 2 is 1.90 bits per heavy atom. The first-order valence-electron chi connectivity index (χ1n) is 13.9. The monoisotopic (exact) mass is 559 g/mol. The number of benzene rings is 2. The van der Waals surface area contributed by atoms with Gasteiger partial charge in [0.05, 0.1) is 37.9 Å². The summed E-state index contributed by atoms with van der Waals surface area (Å²) < 4.78 is 11.3. The zero-order chi connectivity index (χ0) is 28.6. The maximum Gasteiger partial charge on any atom is 0.363 e. The fraction of sp³-hybridized carbons (Fsp3) is 0.367. The SMILES string of the molecule is C=CC(O)=[NH+]c1cccc(CNc2nc(Nc3ccc(N4CCN(C)CC4)cc3OC)ncc2N2CCOCC2)c1. The first-order chi connectivity index (χ1) is 20.0. The smallest absolute Gasteiger partial charge is 0.363 e. The zero-order valence-electron chi connectivity index (χ0n) is 23.8. The number of aliphatic hydroxyl groups is 1. The summed E-state index contributed by atoms with van der Waals surface area (Å²) in [6, 6.07) is 14.0. The Kier molecular flexibility index (Phi) is 9.17. The number of nitrogens with zero attached hydrogens (tertiary/aromatic N) is 5. The molecule has 0 radical (unpaired) electrons. The molecule has 0 amide bonds. The molecule has 0 saturated carbocycles. The minimum Gasteiger partial charge on any atom is -0.494 e. The number of aliphatic hydroxyl groups excluding tert-OH is 1. The number of methoxy groups -OCH3 is 1. The Morgan fingerprint density at radius 3 is 2.66 bits per heavy atom. The average Bonchev–Trinajstić information content (AvgIpc) is 3.01. The van der Waals surface area contributed by atoms with Crippen molar-refractivity contribution in [2.45, 2.75) is 6.54 Å². The molecule has 2 aliphatic heterocycles. The standard InChI is InChI=1S/C30H38N8O3/c1-4-28(39)33-23-7-5-6-22(18-23)20-31-29-26(38-14-16-41-17-15-38)21-32-30(35-29)34-25-9-8-24(19-27(25)40-3)37-12-10-36(2)11-13-37/h4-9,18-19,21H,1,10-17,20H2,2-3H3,(H,33,39)(H2,31,32,34,35)/p+1. The Balaban J connectivity index is 1.37. The molecule has 11 heteroatoms. The van der Waals surface area contributed by atoms with Crippen LogP contribution in [0.3, 0.4) is 0 Å². The van der Waals surface area contributed by atoms with Gasteiger partial charge in [-0.1, -0.05) is 18.7 Å². The van der Waals surface area contributed by atoms with Crippen molar-refractivity contribution < 1.29 is 19.6 Å². The van der Waals surface area contributed by atoms with Crippen molar-refractivity contribution in [3.63, 3.8) is 0 Å². The third kappa shape index (κ3) is 7.24. The van der Waals surface area contributed by atoms with Gasteiger partial charge in [0.15, 0.2) is 5.82 Å². The molecule has 0 aliphatic carbocycles. The fourth-order valence-corrected chi connectivity index (χ4v) is 4.91. The van der Waals surface area contributed by atoms with Gasteiger partial charge >= 0.3 is 5.90 Å². The van der Waals surface area contributed by atoms with Crippen LogP contribution in [0, 0.1) is 0 Å². The molecular weight excluding hydrogens is 520 g/mol. The number of anilines is 5. The predicted octanol–water partition coefficient (Wildman–Crippen LogP) is 2.28. The first kappa shape index (κ1) is 28.2. The lowest BCUT2D eigenvalue weighted by atomic mass is 10.2. The van der Waals surface area contributed by atoms with Crippen molar-refractivity contribution in [3.05, 3.63) is 66.9 Å². The number of rotatable bonds is 10. The van der Waals surface area contributed by atoms with E-state index in [4.69, 9.17) is 14.5 Å². The summed E-state index contributed by atoms with van der Waals surface area (Å²) in [5, 5.41) is 16.6. The van der Waals surface area contributed by atoms with Crippen LogP contribution < -0.4 is 30.2 Å². The van der Waals surface area contributed by atoms with Crippen LogP contribution in [0.1, 0.15) is 5.56 Å². The maximum absolute atomic E-state index is 9.79. The Bertz CT molecular complexity index is 1370. The predicted molar refractivity (Wildman–Crippen MR) is 163 cm³/mol. The lowest BCUT2D eigenvalue weighted by Crippen LogP contribution is -2.65. The van der Waals surface area contributed by atoms with E-state index in [0.29, 0.717) is 25.7 Å². The van der Waals surface area contributed by atoms with E-state index in [2.05, 4.69) is 61.1 Å². The third-order valence-corrected chi connectivity index (χ3v) is 7.27. The van der Waals surface area contributed by atoms with Crippen molar-refractivity contribution in [2.24, 2.45) is 0 Å². The normalized spacial score (nSPS) is 16.4. The molecule has 1 aromatic heterocycles. The van der Waals surface area contributed by atoms with Gasteiger partial charge in [-0.3, -0.25) is 0 Å². The van der Waals surface area contributed by atoms with Crippen molar-refractivity contribution in [2.75, 3.05) is 87.1 Å². The van der Waals surface area contributed by atoms with Crippen LogP contribution in [-0.2, 0) is 11.3 Å². The number of likely N-dealkylation sites (N-methyl/N-ethyl adjacent to an activating group) is 1. The van der Waals surface area contributed by atoms with Crippen LogP contribution in [0.25, 0.3) is 0 Å². The van der Waals surface area contributed by atoms with E-state index >= 15 is 0 Å². The largest absolute Gasteiger partial charge is 0.494 e. The second-order valence-corrected chi connectivity index (χ2v) is 10.1. The third-order valence-electron chi connectivity index (χ3n) is 7.27. The van der Waals surface area contributed by atoms with Gasteiger partial charge in [-0.25, -0.2) is 4.98 Å². The van der Waals surface area contributed by atoms with Gasteiger partial charge in [0.25, 0.3) is 0 Å². The Labute approximate surface area is 241 Å². The second-order valence-electron chi connectivity index (χ2n) is 10.1. The highest BCUT2D eigenvalue weighted by atomic mass is 16.5. The van der Waals surface area contributed by atoms with Crippen LogP contribution in [0.2, 0.25) is 0 Å². The van der Waals surface area contributed by atoms with Gasteiger partial charge in [0, 0.05) is 75.8 Å². The average molecular weight is 560 g/mol. The minimum absolute atomic E-state index is 0.00298. The summed E-state index contributed by atoms with van der Waals surface area (Å²) in [4.78, 5) is 19.4. The van der Waals surface area contributed by atoms with E-state index in [1.54, 1.807) is 7.11 Å². The molecule has 216 valence electrons. The topological polar surface area (TPSA) is 112 Å². The van der Waals surface area contributed by atoms with Gasteiger partial charge < -0.3 is 39.9 Å². The van der Waals surface area contributed by atoms with Crippen LogP contribution >= 0.6 is 0 Å². The summed E-state index contributed by atoms with van der Waals surface area (Å²) in [6.45, 7) is 11.0. The van der Waals surface area contributed by atoms with Crippen LogP contribution in [-0.4, -0.2) is 92.5 Å². The van der Waals surface area contributed by atoms with Crippen LogP contribution in [0.4, 0.5) is 34.5 Å². The van der Waals surface area contributed by atoms with E-state index in [1.807, 2.05) is 36.5 Å². The molecule has 0 atom stereocenters. The number of hydrogen-bond donors (Lipinski definition) is 4. The molecule has 2 aliphatic rings. The highest BCUT2D eigenvalue weighted by Gasteiger charge is 2.19. The number of hydrogen-bond acceptors (Lipinski definition) is 9. The Morgan fingerprint density at radius 1 is 1.10 bits per heavy atom. The molecule has 3 heterocycles. The van der Waals surface area contributed by atoms with E-state index in [-0.39, 0.29) is 5.90 Å². The van der Waals surface area contributed by atoms with Crippen LogP contribution in [0.5, 0.6) is 5.75 Å². The molecule has 0 unspecified atom stereocenters. The molecule has 3 aromatic rings. The molecule has 11 nitrogen and oxygen atoms in total. The molecule has 0 bridgehead atoms. The number of nitrogens with one attached hydrogen (secondary N) is 3. The summed E-state index contributed by atoms with van der Waals surface area (Å²) in [6.07, 6.45) is 3.22. The molecule has 4 N–H and O–H groups in total. The first-order valence-corrected chi connectivity index (χ1v) is 13.9. The second kappa shape index (κ2) is 13.3. The molecule has 2 saturated heterocycles. The van der Waals surface area contributed by atoms with Crippen molar-refractivity contribution in [1.82, 2.24) is 14.9 Å². The number of piperazine rings is 1. The minimum atomic E-state index is 0.00298. The molecular formula is C30H39N8O3+. The summed E-state index contributed by atoms with van der Waals surface area (Å²) >= 11 is 0. The van der Waals surface area contributed by atoms with Gasteiger partial charge in [0.2, 0.25) is 11.6 Å². The Hall–Kier alpha value is -4.35. The summed E-state index contributed by atoms with van der Waals surface area (Å²) in [7, 11) is 3.83. The van der Waals surface area contributed by atoms with E-state index in [1.165, 1.54) is 6.08 Å². The molecule has 0 spiro atoms. The maximum atomic E-state index is 9.79. The molecule has 41 heavy (non-hydrogen) atoms. The zero-order valence-corrected chi connectivity index (χ0v) is 23.8. The quantitative estimate of drug-likeness (QED) is 0.218. The number of ether oxygens (including phenoxy) is 2. The molecule has 5 rings (SSSR count). The van der Waals surface area contributed by atoms with Gasteiger partial charge in [-0.05, 0) is 24.7 Å². The highest BCUT2D eigenvalue weighted by molar-refractivity contribution is 5.80. The van der Waals surface area contributed by atoms with Crippen LogP contribution in [0.15, 0.2) is 61.3 Å². The lowest BCUT2D eigenvalue weighted by Gasteiger charge is -2.34. The van der Waals surface area contributed by atoms with E-state index in [9.17, 15) is 5.11 Å².